The van der Waals surface area contributed by atoms with E-state index in [0.717, 1.165) is 65.1 Å². The van der Waals surface area contributed by atoms with E-state index < -0.39 is 0 Å². The van der Waals surface area contributed by atoms with Crippen molar-refractivity contribution in [3.8, 4) is 0 Å². The van der Waals surface area contributed by atoms with Gasteiger partial charge in [-0.1, -0.05) is 170 Å². The van der Waals surface area contributed by atoms with Crippen LogP contribution in [0.2, 0.25) is 0 Å². The highest BCUT2D eigenvalue weighted by molar-refractivity contribution is 5.52. The molecule has 0 fully saturated rings. The van der Waals surface area contributed by atoms with Crippen molar-refractivity contribution < 1.29 is 0 Å². The number of nitrogens with zero attached hydrogens (tertiary/aromatic N) is 4. The zero-order valence-corrected chi connectivity index (χ0v) is 33.6. The lowest BCUT2D eigenvalue weighted by atomic mass is 9.84. The summed E-state index contributed by atoms with van der Waals surface area (Å²) in [4.78, 5) is 10.1. The van der Waals surface area contributed by atoms with Crippen LogP contribution in [0.1, 0.15) is 60.8 Å². The van der Waals surface area contributed by atoms with E-state index in [2.05, 4.69) is 218 Å². The maximum Gasteiger partial charge on any atom is 0.0297 e. The van der Waals surface area contributed by atoms with Gasteiger partial charge in [-0.15, -0.1) is 0 Å². The maximum absolute atomic E-state index is 2.73. The summed E-state index contributed by atoms with van der Waals surface area (Å²) in [7, 11) is 8.91. The van der Waals surface area contributed by atoms with Crippen molar-refractivity contribution in [2.75, 3.05) is 74.0 Å². The van der Waals surface area contributed by atoms with Gasteiger partial charge in [0.2, 0.25) is 0 Å². The fourth-order valence-electron chi connectivity index (χ4n) is 6.93. The van der Waals surface area contributed by atoms with Crippen molar-refractivity contribution in [3.63, 3.8) is 0 Å². The van der Waals surface area contributed by atoms with Crippen LogP contribution in [0.5, 0.6) is 0 Å². The van der Waals surface area contributed by atoms with Crippen LogP contribution in [-0.4, -0.2) is 99.1 Å². The highest BCUT2D eigenvalue weighted by Crippen LogP contribution is 2.32. The summed E-state index contributed by atoms with van der Waals surface area (Å²) in [6.45, 7) is 7.34. The molecule has 0 radical (unpaired) electrons. The molecule has 0 N–H and O–H groups in total. The quantitative estimate of drug-likeness (QED) is 0.0632. The van der Waals surface area contributed by atoms with Crippen molar-refractivity contribution >= 4 is 24.3 Å². The van der Waals surface area contributed by atoms with Gasteiger partial charge in [0.1, 0.15) is 0 Å². The third-order valence-electron chi connectivity index (χ3n) is 10.2. The second kappa shape index (κ2) is 24.9. The second-order valence-corrected chi connectivity index (χ2v) is 15.0. The Labute approximate surface area is 328 Å². The molecule has 286 valence electrons. The van der Waals surface area contributed by atoms with Crippen LogP contribution in [0.3, 0.4) is 0 Å². The predicted octanol–water partition coefficient (Wildman–Crippen LogP) is 10.6. The third kappa shape index (κ3) is 16.8. The van der Waals surface area contributed by atoms with Crippen molar-refractivity contribution in [3.05, 3.63) is 168 Å². The van der Waals surface area contributed by atoms with Gasteiger partial charge in [-0.3, -0.25) is 4.90 Å². The smallest absolute Gasteiger partial charge is 0.0297 e. The molecule has 0 atom stereocenters. The molecule has 0 aliphatic rings. The highest BCUT2D eigenvalue weighted by Gasteiger charge is 2.34. The van der Waals surface area contributed by atoms with Gasteiger partial charge in [-0.2, -0.15) is 0 Å². The molecule has 0 amide bonds. The Hall–Kier alpha value is -4.32. The molecule has 0 heterocycles. The molecule has 0 aliphatic heterocycles. The molecular weight excluding hydrogens is 657 g/mol. The van der Waals surface area contributed by atoms with Crippen molar-refractivity contribution in [2.24, 2.45) is 0 Å². The summed E-state index contributed by atoms with van der Waals surface area (Å²) in [5, 5.41) is 0. The first kappa shape index (κ1) is 42.4. The third-order valence-corrected chi connectivity index (χ3v) is 10.2. The molecule has 4 aromatic rings. The molecule has 4 aromatic carbocycles. The maximum atomic E-state index is 2.73. The Morgan fingerprint density at radius 1 is 0.407 bits per heavy atom. The lowest BCUT2D eigenvalue weighted by Gasteiger charge is -2.44. The van der Waals surface area contributed by atoms with E-state index in [1.54, 1.807) is 0 Å². The van der Waals surface area contributed by atoms with Crippen molar-refractivity contribution in [1.82, 2.24) is 19.6 Å². The van der Waals surface area contributed by atoms with E-state index >= 15 is 0 Å². The molecule has 4 rings (SSSR count). The summed E-state index contributed by atoms with van der Waals surface area (Å²) in [5.41, 5.74) is 4.85. The standard InChI is InChI=1S/C50H66N4/c1-51(2)39-23-42-52(3)40-17-18-41-53(4)45-38-50(36-19-32-46-24-9-5-10-25-46,37-20-33-47-26-11-6-12-27-47)54(43-21-34-48-28-13-7-14-29-48)44-22-35-49-30-15-8-16-31-49/h5-16,19-22,24-35H,17-18,23,36-45H2,1-4H3. The minimum atomic E-state index is -0.112. The van der Waals surface area contributed by atoms with Crippen LogP contribution in [0.15, 0.2) is 146 Å². The lowest BCUT2D eigenvalue weighted by Crippen LogP contribution is -2.50. The number of hydrogen-bond donors (Lipinski definition) is 0. The monoisotopic (exact) mass is 723 g/mol. The van der Waals surface area contributed by atoms with Crippen molar-refractivity contribution in [1.29, 1.82) is 0 Å². The van der Waals surface area contributed by atoms with Crippen LogP contribution in [0, 0.1) is 0 Å². The number of unbranched alkanes of at least 4 members (excludes halogenated alkanes) is 1. The number of benzene rings is 4. The Morgan fingerprint density at radius 3 is 1.15 bits per heavy atom. The summed E-state index contributed by atoms with van der Waals surface area (Å²) < 4.78 is 0. The van der Waals surface area contributed by atoms with E-state index in [-0.39, 0.29) is 5.54 Å². The minimum absolute atomic E-state index is 0.112. The highest BCUT2D eigenvalue weighted by atomic mass is 15.2. The van der Waals surface area contributed by atoms with Crippen LogP contribution in [-0.2, 0) is 0 Å². The Morgan fingerprint density at radius 2 is 0.759 bits per heavy atom. The largest absolute Gasteiger partial charge is 0.309 e. The van der Waals surface area contributed by atoms with Gasteiger partial charge in [-0.25, -0.2) is 0 Å². The molecule has 4 nitrogen and oxygen atoms in total. The molecule has 0 aliphatic carbocycles. The van der Waals surface area contributed by atoms with E-state index in [0.29, 0.717) is 0 Å². The first-order chi connectivity index (χ1) is 26.4. The average Bonchev–Trinajstić information content (AvgIpc) is 3.19. The van der Waals surface area contributed by atoms with Gasteiger partial charge < -0.3 is 14.7 Å². The molecule has 0 bridgehead atoms. The topological polar surface area (TPSA) is 13.0 Å². The number of rotatable bonds is 25. The van der Waals surface area contributed by atoms with E-state index in [9.17, 15) is 0 Å². The Balaban J connectivity index is 1.60. The molecule has 0 saturated carbocycles. The molecular formula is C50H66N4. The van der Waals surface area contributed by atoms with E-state index in [1.165, 1.54) is 41.5 Å². The van der Waals surface area contributed by atoms with E-state index in [1.807, 2.05) is 0 Å². The van der Waals surface area contributed by atoms with Gasteiger partial charge in [0.15, 0.2) is 0 Å². The molecule has 0 spiro atoms. The molecule has 0 saturated heterocycles. The zero-order valence-electron chi connectivity index (χ0n) is 33.6. The van der Waals surface area contributed by atoms with Crippen LogP contribution in [0.25, 0.3) is 24.3 Å². The van der Waals surface area contributed by atoms with Gasteiger partial charge in [-0.05, 0) is 122 Å². The first-order valence-electron chi connectivity index (χ1n) is 20.1. The van der Waals surface area contributed by atoms with Gasteiger partial charge in [0.25, 0.3) is 0 Å². The van der Waals surface area contributed by atoms with E-state index in [4.69, 9.17) is 0 Å². The van der Waals surface area contributed by atoms with Gasteiger partial charge >= 0.3 is 0 Å². The average molecular weight is 723 g/mol. The van der Waals surface area contributed by atoms with Crippen molar-refractivity contribution in [2.45, 2.75) is 44.1 Å². The molecule has 0 unspecified atom stereocenters. The molecule has 0 aromatic heterocycles. The summed E-state index contributed by atoms with van der Waals surface area (Å²) >= 11 is 0. The molecule has 4 heteroatoms. The fraction of sp³-hybridized carbons (Fsp3) is 0.360. The summed E-state index contributed by atoms with van der Waals surface area (Å²) in [6.07, 6.45) is 25.4. The van der Waals surface area contributed by atoms with Gasteiger partial charge in [0.05, 0.1) is 0 Å². The van der Waals surface area contributed by atoms with Gasteiger partial charge in [0, 0.05) is 18.6 Å². The van der Waals surface area contributed by atoms with Crippen LogP contribution in [0.4, 0.5) is 0 Å². The molecule has 54 heavy (non-hydrogen) atoms. The first-order valence-corrected chi connectivity index (χ1v) is 20.1. The summed E-state index contributed by atoms with van der Waals surface area (Å²) in [6, 6.07) is 42.9. The normalized spacial score (nSPS) is 13.6. The zero-order chi connectivity index (χ0) is 38.1. The number of hydrogen-bond acceptors (Lipinski definition) is 4. The summed E-state index contributed by atoms with van der Waals surface area (Å²) in [5.74, 6) is 0. The van der Waals surface area contributed by atoms with Crippen LogP contribution < -0.4 is 0 Å². The minimum Gasteiger partial charge on any atom is -0.309 e. The SMILES string of the molecule is CN(C)CCCN(C)CCCCN(C)CCC(CC=Cc1ccccc1)(CC=Cc1ccccc1)N(CC=Cc1ccccc1)CC=Cc1ccccc1. The Bertz CT molecular complexity index is 1540. The fourth-order valence-corrected chi connectivity index (χ4v) is 6.93. The lowest BCUT2D eigenvalue weighted by molar-refractivity contribution is 0.0960. The second-order valence-electron chi connectivity index (χ2n) is 15.0. The predicted molar refractivity (Wildman–Crippen MR) is 237 cm³/mol. The Kier molecular flexibility index (Phi) is 19.6. The van der Waals surface area contributed by atoms with Crippen LogP contribution >= 0.6 is 0 Å².